The second-order valence-corrected chi connectivity index (χ2v) is 4.93. The standard InChI is InChI=1S/C12H17N7O/c1-8(10(13)20)18-2-4-19(5-3-18)12-9-6-16-17-11(9)14-7-15-12/h6-8H,2-5H2,1H3,(H2,13,20)(H,14,15,16,17). The molecule has 1 amide bonds. The van der Waals surface area contributed by atoms with E-state index in [1.165, 1.54) is 6.33 Å². The molecule has 1 aliphatic heterocycles. The average Bonchev–Trinajstić information content (AvgIpc) is 2.95. The molecule has 20 heavy (non-hydrogen) atoms. The van der Waals surface area contributed by atoms with Crippen LogP contribution in [0.15, 0.2) is 12.5 Å². The van der Waals surface area contributed by atoms with Crippen LogP contribution in [-0.2, 0) is 4.79 Å². The fraction of sp³-hybridized carbons (Fsp3) is 0.500. The number of nitrogens with two attached hydrogens (primary N) is 1. The van der Waals surface area contributed by atoms with Crippen LogP contribution in [0, 0.1) is 0 Å². The number of aromatic nitrogens is 4. The topological polar surface area (TPSA) is 104 Å². The molecule has 3 heterocycles. The van der Waals surface area contributed by atoms with Gasteiger partial charge in [0.05, 0.1) is 17.6 Å². The highest BCUT2D eigenvalue weighted by atomic mass is 16.1. The number of primary amides is 1. The number of carbonyl (C=O) groups is 1. The largest absolute Gasteiger partial charge is 0.368 e. The predicted molar refractivity (Wildman–Crippen MR) is 74.1 cm³/mol. The molecule has 1 fully saturated rings. The van der Waals surface area contributed by atoms with Crippen molar-refractivity contribution in [1.29, 1.82) is 0 Å². The molecular weight excluding hydrogens is 258 g/mol. The number of hydrogen-bond acceptors (Lipinski definition) is 6. The van der Waals surface area contributed by atoms with Crippen LogP contribution in [0.1, 0.15) is 6.92 Å². The first-order valence-corrected chi connectivity index (χ1v) is 6.59. The molecule has 2 aromatic rings. The first-order chi connectivity index (χ1) is 9.66. The molecule has 0 bridgehead atoms. The molecule has 1 unspecified atom stereocenters. The molecule has 0 radical (unpaired) electrons. The number of nitrogens with zero attached hydrogens (tertiary/aromatic N) is 5. The number of amides is 1. The molecule has 8 heteroatoms. The summed E-state index contributed by atoms with van der Waals surface area (Å²) in [6.45, 7) is 5.02. The van der Waals surface area contributed by atoms with Crippen LogP contribution in [0.4, 0.5) is 5.82 Å². The van der Waals surface area contributed by atoms with Gasteiger partial charge in [0, 0.05) is 26.2 Å². The Morgan fingerprint density at radius 2 is 2.10 bits per heavy atom. The number of carbonyl (C=O) groups excluding carboxylic acids is 1. The molecule has 8 nitrogen and oxygen atoms in total. The van der Waals surface area contributed by atoms with Crippen molar-refractivity contribution in [3.05, 3.63) is 12.5 Å². The molecule has 106 valence electrons. The molecular formula is C12H17N7O. The van der Waals surface area contributed by atoms with E-state index in [1.54, 1.807) is 6.20 Å². The summed E-state index contributed by atoms with van der Waals surface area (Å²) in [5, 5.41) is 7.76. The second kappa shape index (κ2) is 5.04. The Morgan fingerprint density at radius 3 is 2.80 bits per heavy atom. The van der Waals surface area contributed by atoms with Gasteiger partial charge in [-0.2, -0.15) is 5.10 Å². The van der Waals surface area contributed by atoms with Crippen molar-refractivity contribution in [3.8, 4) is 0 Å². The Labute approximate surface area is 116 Å². The van der Waals surface area contributed by atoms with Crippen molar-refractivity contribution < 1.29 is 4.79 Å². The summed E-state index contributed by atoms with van der Waals surface area (Å²) in [6, 6.07) is -0.225. The summed E-state index contributed by atoms with van der Waals surface area (Å²) < 4.78 is 0. The number of fused-ring (bicyclic) bond motifs is 1. The molecule has 1 aliphatic rings. The number of piperazine rings is 1. The normalized spacial score (nSPS) is 18.4. The minimum atomic E-state index is -0.280. The summed E-state index contributed by atoms with van der Waals surface area (Å²) in [5.74, 6) is 0.604. The van der Waals surface area contributed by atoms with Gasteiger partial charge in [-0.25, -0.2) is 9.97 Å². The van der Waals surface area contributed by atoms with Crippen LogP contribution >= 0.6 is 0 Å². The Hall–Kier alpha value is -2.22. The molecule has 3 N–H and O–H groups in total. The number of aromatic amines is 1. The van der Waals surface area contributed by atoms with Gasteiger partial charge in [0.1, 0.15) is 12.1 Å². The van der Waals surface area contributed by atoms with Gasteiger partial charge in [-0.1, -0.05) is 0 Å². The summed E-state index contributed by atoms with van der Waals surface area (Å²) in [6.07, 6.45) is 3.28. The van der Waals surface area contributed by atoms with Crippen molar-refractivity contribution in [3.63, 3.8) is 0 Å². The highest BCUT2D eigenvalue weighted by Gasteiger charge is 2.25. The van der Waals surface area contributed by atoms with E-state index in [9.17, 15) is 4.79 Å². The van der Waals surface area contributed by atoms with E-state index in [2.05, 4.69) is 30.0 Å². The first-order valence-electron chi connectivity index (χ1n) is 6.59. The fourth-order valence-electron chi connectivity index (χ4n) is 2.51. The van der Waals surface area contributed by atoms with Crippen molar-refractivity contribution in [2.24, 2.45) is 5.73 Å². The smallest absolute Gasteiger partial charge is 0.234 e. The molecule has 2 aromatic heterocycles. The number of hydrogen-bond donors (Lipinski definition) is 2. The third-order valence-corrected chi connectivity index (χ3v) is 3.80. The second-order valence-electron chi connectivity index (χ2n) is 4.93. The van der Waals surface area contributed by atoms with Gasteiger partial charge in [-0.15, -0.1) is 0 Å². The maximum Gasteiger partial charge on any atom is 0.234 e. The van der Waals surface area contributed by atoms with Crippen molar-refractivity contribution >= 4 is 22.8 Å². The highest BCUT2D eigenvalue weighted by molar-refractivity contribution is 5.86. The maximum absolute atomic E-state index is 11.2. The van der Waals surface area contributed by atoms with E-state index in [0.717, 1.165) is 43.0 Å². The van der Waals surface area contributed by atoms with E-state index in [0.29, 0.717) is 0 Å². The predicted octanol–water partition coefficient (Wildman–Crippen LogP) is -0.651. The third-order valence-electron chi connectivity index (χ3n) is 3.80. The van der Waals surface area contributed by atoms with Crippen molar-refractivity contribution in [1.82, 2.24) is 25.1 Å². The zero-order chi connectivity index (χ0) is 14.1. The number of anilines is 1. The van der Waals surface area contributed by atoms with E-state index in [1.807, 2.05) is 6.92 Å². The van der Waals surface area contributed by atoms with E-state index in [4.69, 9.17) is 5.73 Å². The summed E-state index contributed by atoms with van der Waals surface area (Å²) in [5.41, 5.74) is 6.08. The van der Waals surface area contributed by atoms with Crippen LogP contribution in [0.25, 0.3) is 11.0 Å². The zero-order valence-electron chi connectivity index (χ0n) is 11.3. The van der Waals surface area contributed by atoms with E-state index in [-0.39, 0.29) is 11.9 Å². The van der Waals surface area contributed by atoms with Gasteiger partial charge in [0.15, 0.2) is 5.65 Å². The fourth-order valence-corrected chi connectivity index (χ4v) is 2.51. The van der Waals surface area contributed by atoms with Gasteiger partial charge in [-0.05, 0) is 6.92 Å². The average molecular weight is 275 g/mol. The number of rotatable bonds is 3. The van der Waals surface area contributed by atoms with Crippen molar-refractivity contribution in [2.75, 3.05) is 31.1 Å². The molecule has 0 aromatic carbocycles. The van der Waals surface area contributed by atoms with Gasteiger partial charge >= 0.3 is 0 Å². The molecule has 1 saturated heterocycles. The van der Waals surface area contributed by atoms with Crippen LogP contribution in [0.5, 0.6) is 0 Å². The molecule has 0 saturated carbocycles. The van der Waals surface area contributed by atoms with Gasteiger partial charge in [0.2, 0.25) is 5.91 Å². The molecule has 1 atom stereocenters. The minimum Gasteiger partial charge on any atom is -0.368 e. The monoisotopic (exact) mass is 275 g/mol. The minimum absolute atomic E-state index is 0.225. The lowest BCUT2D eigenvalue weighted by atomic mass is 10.2. The van der Waals surface area contributed by atoms with Crippen molar-refractivity contribution in [2.45, 2.75) is 13.0 Å². The van der Waals surface area contributed by atoms with Crippen LogP contribution < -0.4 is 10.6 Å². The summed E-state index contributed by atoms with van der Waals surface area (Å²) in [4.78, 5) is 24.0. The molecule has 3 rings (SSSR count). The van der Waals surface area contributed by atoms with E-state index < -0.39 is 0 Å². The summed E-state index contributed by atoms with van der Waals surface area (Å²) >= 11 is 0. The zero-order valence-corrected chi connectivity index (χ0v) is 11.3. The lowest BCUT2D eigenvalue weighted by molar-refractivity contribution is -0.122. The number of nitrogens with one attached hydrogen (secondary N) is 1. The Bertz CT molecular complexity index is 617. The molecule has 0 spiro atoms. The molecule has 0 aliphatic carbocycles. The third kappa shape index (κ3) is 2.18. The summed E-state index contributed by atoms with van der Waals surface area (Å²) in [7, 11) is 0. The number of H-pyrrole nitrogens is 1. The lowest BCUT2D eigenvalue weighted by Gasteiger charge is -2.37. The van der Waals surface area contributed by atoms with Gasteiger partial charge < -0.3 is 10.6 Å². The van der Waals surface area contributed by atoms with E-state index >= 15 is 0 Å². The van der Waals surface area contributed by atoms with Crippen LogP contribution in [0.3, 0.4) is 0 Å². The van der Waals surface area contributed by atoms with Crippen LogP contribution in [-0.4, -0.2) is 63.2 Å². The van der Waals surface area contributed by atoms with Gasteiger partial charge in [0.25, 0.3) is 0 Å². The van der Waals surface area contributed by atoms with Gasteiger partial charge in [-0.3, -0.25) is 14.8 Å². The first kappa shape index (κ1) is 12.8. The SMILES string of the molecule is CC(C(N)=O)N1CCN(c2ncnc3[nH]ncc23)CC1. The maximum atomic E-state index is 11.2. The quantitative estimate of drug-likeness (QED) is 0.771. The lowest BCUT2D eigenvalue weighted by Crippen LogP contribution is -2.53. The Morgan fingerprint density at radius 1 is 1.35 bits per heavy atom. The highest BCUT2D eigenvalue weighted by Crippen LogP contribution is 2.22. The Kier molecular flexibility index (Phi) is 3.23. The Balaban J connectivity index is 1.75. The van der Waals surface area contributed by atoms with Crippen LogP contribution in [0.2, 0.25) is 0 Å².